The predicted molar refractivity (Wildman–Crippen MR) is 70.2 cm³/mol. The highest BCUT2D eigenvalue weighted by Gasteiger charge is 2.37. The molecule has 0 aromatic heterocycles. The lowest BCUT2D eigenvalue weighted by atomic mass is 9.82. The van der Waals surface area contributed by atoms with Crippen molar-refractivity contribution < 1.29 is 10.1 Å². The third-order valence-electron chi connectivity index (χ3n) is 4.11. The van der Waals surface area contributed by atoms with E-state index in [0.717, 1.165) is 38.5 Å². The van der Waals surface area contributed by atoms with Crippen molar-refractivity contribution in [1.82, 2.24) is 5.32 Å². The largest absolute Gasteiger partial charge is 0.511 e. The molecule has 96 valence electrons. The summed E-state index contributed by atoms with van der Waals surface area (Å²) in [7, 11) is 0.243. The lowest BCUT2D eigenvalue weighted by molar-refractivity contribution is 0.288. The van der Waals surface area contributed by atoms with Crippen molar-refractivity contribution in [2.45, 2.75) is 50.5 Å². The molecule has 3 unspecified atom stereocenters. The highest BCUT2D eigenvalue weighted by Crippen LogP contribution is 2.33. The summed E-state index contributed by atoms with van der Waals surface area (Å²) in [6, 6.07) is 0.181. The first-order chi connectivity index (χ1) is 8.24. The molecule has 2 fully saturated rings. The summed E-state index contributed by atoms with van der Waals surface area (Å²) < 4.78 is 0. The Bertz CT molecular complexity index is 290. The van der Waals surface area contributed by atoms with Crippen LogP contribution in [0.25, 0.3) is 0 Å². The second-order valence-electron chi connectivity index (χ2n) is 5.28. The highest BCUT2D eigenvalue weighted by molar-refractivity contribution is 6.25. The fourth-order valence-electron chi connectivity index (χ4n) is 2.81. The van der Waals surface area contributed by atoms with Crippen LogP contribution in [0, 0.1) is 5.92 Å². The first kappa shape index (κ1) is 12.9. The van der Waals surface area contributed by atoms with Crippen LogP contribution in [0.15, 0.2) is 11.3 Å². The standard InChI is InChI=1S/C12H23BN2O2/c14-10-7-15-11(9(10)5-2-6-13-17)12(16)8-3-1-4-8/h9-11,13,15-17H,1-7,14H2. The van der Waals surface area contributed by atoms with Gasteiger partial charge in [0.1, 0.15) is 5.76 Å². The maximum atomic E-state index is 10.2. The van der Waals surface area contributed by atoms with Gasteiger partial charge in [-0.2, -0.15) is 0 Å². The van der Waals surface area contributed by atoms with E-state index >= 15 is 0 Å². The molecular weight excluding hydrogens is 215 g/mol. The number of hydrogen-bond donors (Lipinski definition) is 4. The zero-order chi connectivity index (χ0) is 12.3. The molecule has 0 spiro atoms. The summed E-state index contributed by atoms with van der Waals surface area (Å²) in [6.07, 6.45) is 6.08. The summed E-state index contributed by atoms with van der Waals surface area (Å²) in [5.41, 5.74) is 7.30. The van der Waals surface area contributed by atoms with Gasteiger partial charge in [0.15, 0.2) is 0 Å². The third kappa shape index (κ3) is 2.84. The minimum absolute atomic E-state index is 0.0546. The summed E-state index contributed by atoms with van der Waals surface area (Å²) >= 11 is 0. The van der Waals surface area contributed by atoms with Crippen molar-refractivity contribution in [1.29, 1.82) is 0 Å². The Morgan fingerprint density at radius 1 is 1.47 bits per heavy atom. The Hall–Kier alpha value is -0.515. The van der Waals surface area contributed by atoms with E-state index in [1.54, 1.807) is 0 Å². The molecule has 0 radical (unpaired) electrons. The zero-order valence-corrected chi connectivity index (χ0v) is 10.4. The van der Waals surface area contributed by atoms with Crippen molar-refractivity contribution >= 4 is 7.48 Å². The van der Waals surface area contributed by atoms with Crippen LogP contribution in [0.5, 0.6) is 0 Å². The van der Waals surface area contributed by atoms with E-state index in [-0.39, 0.29) is 19.6 Å². The van der Waals surface area contributed by atoms with Gasteiger partial charge >= 0.3 is 0 Å². The fourth-order valence-corrected chi connectivity index (χ4v) is 2.81. The van der Waals surface area contributed by atoms with E-state index in [2.05, 4.69) is 5.32 Å². The molecule has 5 N–H and O–H groups in total. The van der Waals surface area contributed by atoms with Gasteiger partial charge in [-0.05, 0) is 37.2 Å². The summed E-state index contributed by atoms with van der Waals surface area (Å²) in [5, 5.41) is 22.4. The molecule has 2 aliphatic rings. The van der Waals surface area contributed by atoms with Gasteiger partial charge in [0.25, 0.3) is 7.48 Å². The van der Waals surface area contributed by atoms with Gasteiger partial charge in [-0.3, -0.25) is 0 Å². The minimum atomic E-state index is 0.0546. The number of allylic oxidation sites excluding steroid dienone is 1. The average molecular weight is 238 g/mol. The molecule has 17 heavy (non-hydrogen) atoms. The molecule has 0 aromatic carbocycles. The Morgan fingerprint density at radius 3 is 2.82 bits per heavy atom. The number of rotatable bonds is 5. The van der Waals surface area contributed by atoms with E-state index in [1.165, 1.54) is 12.0 Å². The third-order valence-corrected chi connectivity index (χ3v) is 4.11. The monoisotopic (exact) mass is 238 g/mol. The molecule has 1 saturated heterocycles. The van der Waals surface area contributed by atoms with Crippen LogP contribution in [0.2, 0.25) is 6.32 Å². The molecule has 1 heterocycles. The zero-order valence-electron chi connectivity index (χ0n) is 10.4. The van der Waals surface area contributed by atoms with Crippen molar-refractivity contribution in [3.05, 3.63) is 11.3 Å². The second-order valence-corrected chi connectivity index (χ2v) is 5.28. The smallest absolute Gasteiger partial charge is 0.270 e. The first-order valence-electron chi connectivity index (χ1n) is 6.74. The predicted octanol–water partition coefficient (Wildman–Crippen LogP) is 0.440. The number of nitrogens with one attached hydrogen (secondary N) is 1. The molecular formula is C12H23BN2O2. The van der Waals surface area contributed by atoms with Crippen LogP contribution >= 0.6 is 0 Å². The quantitative estimate of drug-likeness (QED) is 0.318. The number of aliphatic hydroxyl groups excluding tert-OH is 1. The molecule has 4 nitrogen and oxygen atoms in total. The number of nitrogens with two attached hydrogens (primary N) is 1. The maximum Gasteiger partial charge on any atom is 0.270 e. The van der Waals surface area contributed by atoms with Crippen LogP contribution in [-0.2, 0) is 0 Å². The maximum absolute atomic E-state index is 10.2. The Morgan fingerprint density at radius 2 is 2.24 bits per heavy atom. The summed E-state index contributed by atoms with van der Waals surface area (Å²) in [6.45, 7) is 0.784. The Labute approximate surface area is 104 Å². The van der Waals surface area contributed by atoms with Crippen molar-refractivity contribution in [2.75, 3.05) is 6.54 Å². The second kappa shape index (κ2) is 5.89. The van der Waals surface area contributed by atoms with Crippen LogP contribution < -0.4 is 11.1 Å². The van der Waals surface area contributed by atoms with Crippen molar-refractivity contribution in [2.24, 2.45) is 11.7 Å². The van der Waals surface area contributed by atoms with Crippen molar-refractivity contribution in [3.8, 4) is 0 Å². The minimum Gasteiger partial charge on any atom is -0.511 e. The normalized spacial score (nSPS) is 32.4. The molecule has 0 aromatic rings. The average Bonchev–Trinajstić information content (AvgIpc) is 2.58. The summed E-state index contributed by atoms with van der Waals surface area (Å²) in [5.74, 6) is 0.868. The van der Waals surface area contributed by atoms with Gasteiger partial charge in [0.05, 0.1) is 6.04 Å². The SMILES string of the molecule is NC1CNC(C(O)=C2CCC2)C1CCCBO. The van der Waals surface area contributed by atoms with Gasteiger partial charge in [-0.1, -0.05) is 12.7 Å². The molecule has 0 bridgehead atoms. The lowest BCUT2D eigenvalue weighted by Crippen LogP contribution is -2.34. The van der Waals surface area contributed by atoms with Gasteiger partial charge in [-0.25, -0.2) is 0 Å². The number of hydrogen-bond acceptors (Lipinski definition) is 4. The van der Waals surface area contributed by atoms with Crippen LogP contribution in [0.4, 0.5) is 0 Å². The number of aliphatic hydroxyl groups is 1. The molecule has 2 rings (SSSR count). The van der Waals surface area contributed by atoms with Crippen molar-refractivity contribution in [3.63, 3.8) is 0 Å². The van der Waals surface area contributed by atoms with Gasteiger partial charge in [0, 0.05) is 12.6 Å². The van der Waals surface area contributed by atoms with E-state index < -0.39 is 0 Å². The molecule has 1 aliphatic heterocycles. The van der Waals surface area contributed by atoms with Gasteiger partial charge in [-0.15, -0.1) is 0 Å². The van der Waals surface area contributed by atoms with Gasteiger partial charge < -0.3 is 21.2 Å². The summed E-state index contributed by atoms with van der Waals surface area (Å²) in [4.78, 5) is 0. The fraction of sp³-hybridized carbons (Fsp3) is 0.833. The highest BCUT2D eigenvalue weighted by atomic mass is 16.3. The van der Waals surface area contributed by atoms with Gasteiger partial charge in [0.2, 0.25) is 0 Å². The molecule has 0 amide bonds. The first-order valence-corrected chi connectivity index (χ1v) is 6.74. The van der Waals surface area contributed by atoms with E-state index in [1.807, 2.05) is 0 Å². The van der Waals surface area contributed by atoms with Crippen LogP contribution in [-0.4, -0.2) is 36.2 Å². The molecule has 5 heteroatoms. The molecule has 1 aliphatic carbocycles. The Balaban J connectivity index is 1.95. The van der Waals surface area contributed by atoms with E-state index in [9.17, 15) is 5.11 Å². The lowest BCUT2D eigenvalue weighted by Gasteiger charge is -2.26. The molecule has 1 saturated carbocycles. The van der Waals surface area contributed by atoms with Crippen LogP contribution in [0.3, 0.4) is 0 Å². The Kier molecular flexibility index (Phi) is 4.48. The van der Waals surface area contributed by atoms with E-state index in [4.69, 9.17) is 10.8 Å². The van der Waals surface area contributed by atoms with Crippen LogP contribution in [0.1, 0.15) is 32.1 Å². The topological polar surface area (TPSA) is 78.5 Å². The van der Waals surface area contributed by atoms with E-state index in [0.29, 0.717) is 11.7 Å². The molecule has 3 atom stereocenters.